The van der Waals surface area contributed by atoms with Gasteiger partial charge in [-0.1, -0.05) is 0 Å². The monoisotopic (exact) mass is 227 g/mol. The summed E-state index contributed by atoms with van der Waals surface area (Å²) in [6, 6.07) is 1.81. The van der Waals surface area contributed by atoms with Crippen LogP contribution in [0.1, 0.15) is 5.56 Å². The van der Waals surface area contributed by atoms with Crippen LogP contribution in [-0.4, -0.2) is 24.2 Å². The highest BCUT2D eigenvalue weighted by Gasteiger charge is 2.15. The minimum Gasteiger partial charge on any atom is -0.286 e. The van der Waals surface area contributed by atoms with Crippen LogP contribution >= 0.6 is 0 Å². The Balaban J connectivity index is 3.50. The smallest absolute Gasteiger partial charge is 0.258 e. The molecule has 0 amide bonds. The summed E-state index contributed by atoms with van der Waals surface area (Å²) < 4.78 is 23.3. The fourth-order valence-electron chi connectivity index (χ4n) is 1.13. The van der Waals surface area contributed by atoms with E-state index in [-0.39, 0.29) is 17.1 Å². The molecule has 6 nitrogen and oxygen atoms in total. The number of aromatic nitrogens is 2. The van der Waals surface area contributed by atoms with Gasteiger partial charge in [0.2, 0.25) is 15.0 Å². The molecule has 1 heterocycles. The van der Waals surface area contributed by atoms with Crippen LogP contribution < -0.4 is 5.56 Å². The maximum Gasteiger partial charge on any atom is 0.258 e. The molecule has 1 aromatic rings. The minimum absolute atomic E-state index is 0.0796. The summed E-state index contributed by atoms with van der Waals surface area (Å²) in [5.41, 5.74) is -0.320. The molecule has 1 rings (SSSR count). The number of sulfone groups is 1. The molecule has 0 atom stereocenters. The first-order valence-electron chi connectivity index (χ1n) is 4.00. The highest BCUT2D eigenvalue weighted by molar-refractivity contribution is 7.90. The van der Waals surface area contributed by atoms with Gasteiger partial charge in [0.25, 0.3) is 5.56 Å². The van der Waals surface area contributed by atoms with Gasteiger partial charge in [0, 0.05) is 25.1 Å². The van der Waals surface area contributed by atoms with Gasteiger partial charge in [0.05, 0.1) is 12.5 Å². The van der Waals surface area contributed by atoms with Crippen molar-refractivity contribution >= 4 is 9.84 Å². The topological polar surface area (TPSA) is 92.8 Å². The Morgan fingerprint density at radius 1 is 1.60 bits per heavy atom. The van der Waals surface area contributed by atoms with Gasteiger partial charge in [0.15, 0.2) is 0 Å². The third-order valence-electron chi connectivity index (χ3n) is 1.80. The molecular weight excluding hydrogens is 218 g/mol. The number of nitriles is 1. The molecule has 0 spiro atoms. The van der Waals surface area contributed by atoms with E-state index in [4.69, 9.17) is 5.26 Å². The lowest BCUT2D eigenvalue weighted by molar-refractivity contribution is 0.573. The molecule has 0 saturated heterocycles. The Kier molecular flexibility index (Phi) is 2.90. The Bertz CT molecular complexity index is 580. The van der Waals surface area contributed by atoms with Crippen molar-refractivity contribution in [3.05, 3.63) is 22.1 Å². The third-order valence-corrected chi connectivity index (χ3v) is 2.84. The van der Waals surface area contributed by atoms with Crippen molar-refractivity contribution in [1.82, 2.24) is 9.55 Å². The second kappa shape index (κ2) is 3.82. The summed E-state index contributed by atoms with van der Waals surface area (Å²) in [5.74, 6) is 0. The van der Waals surface area contributed by atoms with Gasteiger partial charge in [-0.05, 0) is 0 Å². The summed E-state index contributed by atoms with van der Waals surface area (Å²) >= 11 is 0. The van der Waals surface area contributed by atoms with Crippen LogP contribution in [-0.2, 0) is 23.3 Å². The van der Waals surface area contributed by atoms with Crippen molar-refractivity contribution in [3.8, 4) is 6.07 Å². The fraction of sp³-hybridized carbons (Fsp3) is 0.375. The van der Waals surface area contributed by atoms with Crippen LogP contribution in [0.2, 0.25) is 0 Å². The van der Waals surface area contributed by atoms with E-state index in [1.807, 2.05) is 6.07 Å². The van der Waals surface area contributed by atoms with E-state index in [9.17, 15) is 13.2 Å². The Labute approximate surface area is 86.7 Å². The molecule has 0 radical (unpaired) electrons. The van der Waals surface area contributed by atoms with E-state index in [1.54, 1.807) is 0 Å². The molecule has 0 aliphatic heterocycles. The normalized spacial score (nSPS) is 11.0. The van der Waals surface area contributed by atoms with Crippen LogP contribution in [0.15, 0.2) is 16.1 Å². The first-order valence-corrected chi connectivity index (χ1v) is 5.89. The third kappa shape index (κ3) is 2.22. The second-order valence-electron chi connectivity index (χ2n) is 3.04. The fourth-order valence-corrected chi connectivity index (χ4v) is 1.95. The van der Waals surface area contributed by atoms with E-state index in [0.717, 1.165) is 17.0 Å². The predicted octanol–water partition coefficient (Wildman–Crippen LogP) is -0.750. The summed E-state index contributed by atoms with van der Waals surface area (Å²) in [6.07, 6.45) is 2.02. The van der Waals surface area contributed by atoms with Crippen molar-refractivity contribution in [1.29, 1.82) is 5.26 Å². The highest BCUT2D eigenvalue weighted by atomic mass is 32.2. The van der Waals surface area contributed by atoms with E-state index in [1.165, 1.54) is 7.05 Å². The molecule has 0 N–H and O–H groups in total. The molecule has 0 aromatic carbocycles. The van der Waals surface area contributed by atoms with Crippen LogP contribution in [0.3, 0.4) is 0 Å². The number of rotatable bonds is 2. The van der Waals surface area contributed by atoms with Crippen molar-refractivity contribution < 1.29 is 8.42 Å². The molecule has 0 fully saturated rings. The van der Waals surface area contributed by atoms with Crippen molar-refractivity contribution in [2.75, 3.05) is 6.26 Å². The molecule has 0 unspecified atom stereocenters. The van der Waals surface area contributed by atoms with Crippen molar-refractivity contribution in [2.45, 2.75) is 11.6 Å². The van der Waals surface area contributed by atoms with Gasteiger partial charge in [0.1, 0.15) is 0 Å². The lowest BCUT2D eigenvalue weighted by Crippen LogP contribution is -2.26. The Morgan fingerprint density at radius 3 is 2.67 bits per heavy atom. The highest BCUT2D eigenvalue weighted by Crippen LogP contribution is 2.01. The van der Waals surface area contributed by atoms with E-state index in [0.29, 0.717) is 0 Å². The van der Waals surface area contributed by atoms with Crippen molar-refractivity contribution in [3.63, 3.8) is 0 Å². The zero-order chi connectivity index (χ0) is 11.6. The lowest BCUT2D eigenvalue weighted by Gasteiger charge is -2.05. The van der Waals surface area contributed by atoms with Gasteiger partial charge in [-0.3, -0.25) is 9.36 Å². The molecule has 0 aliphatic rings. The molecule has 1 aromatic heterocycles. The molecular formula is C8H9N3O3S. The molecule has 0 bridgehead atoms. The van der Waals surface area contributed by atoms with Gasteiger partial charge in [-0.25, -0.2) is 13.4 Å². The van der Waals surface area contributed by atoms with Crippen LogP contribution in [0, 0.1) is 11.3 Å². The summed E-state index contributed by atoms with van der Waals surface area (Å²) in [7, 11) is -2.21. The van der Waals surface area contributed by atoms with Gasteiger partial charge >= 0.3 is 0 Å². The largest absolute Gasteiger partial charge is 0.286 e. The first kappa shape index (κ1) is 11.4. The van der Waals surface area contributed by atoms with E-state index < -0.39 is 15.4 Å². The molecule has 0 saturated carbocycles. The maximum atomic E-state index is 11.5. The van der Waals surface area contributed by atoms with Crippen LogP contribution in [0.25, 0.3) is 0 Å². The molecule has 15 heavy (non-hydrogen) atoms. The SMILES string of the molecule is Cn1c(S(C)(=O)=O)ncc(CC#N)c1=O. The predicted molar refractivity (Wildman–Crippen MR) is 51.9 cm³/mol. The number of hydrogen-bond donors (Lipinski definition) is 0. The van der Waals surface area contributed by atoms with Crippen molar-refractivity contribution in [2.24, 2.45) is 7.05 Å². The number of hydrogen-bond acceptors (Lipinski definition) is 5. The summed E-state index contributed by atoms with van der Waals surface area (Å²) in [5, 5.41) is 8.12. The molecule has 0 aliphatic carbocycles. The summed E-state index contributed by atoms with van der Waals surface area (Å²) in [4.78, 5) is 15.2. The lowest BCUT2D eigenvalue weighted by atomic mass is 10.2. The van der Waals surface area contributed by atoms with E-state index in [2.05, 4.69) is 4.98 Å². The Hall–Kier alpha value is -1.68. The number of nitrogens with zero attached hydrogens (tertiary/aromatic N) is 3. The molecule has 80 valence electrons. The Morgan fingerprint density at radius 2 is 2.20 bits per heavy atom. The average molecular weight is 227 g/mol. The van der Waals surface area contributed by atoms with Gasteiger partial charge < -0.3 is 0 Å². The van der Waals surface area contributed by atoms with E-state index >= 15 is 0 Å². The summed E-state index contributed by atoms with van der Waals surface area (Å²) in [6.45, 7) is 0. The zero-order valence-corrected chi connectivity index (χ0v) is 9.08. The van der Waals surface area contributed by atoms with Gasteiger partial charge in [-0.15, -0.1) is 0 Å². The zero-order valence-electron chi connectivity index (χ0n) is 8.26. The quantitative estimate of drug-likeness (QED) is 0.620. The maximum absolute atomic E-state index is 11.5. The van der Waals surface area contributed by atoms with Crippen LogP contribution in [0.5, 0.6) is 0 Å². The van der Waals surface area contributed by atoms with Gasteiger partial charge in [-0.2, -0.15) is 5.26 Å². The minimum atomic E-state index is -3.52. The average Bonchev–Trinajstić information content (AvgIpc) is 2.11. The second-order valence-corrected chi connectivity index (χ2v) is 4.95. The molecule has 7 heteroatoms. The first-order chi connectivity index (χ1) is 6.88. The van der Waals surface area contributed by atoms with Crippen LogP contribution in [0.4, 0.5) is 0 Å². The standard InChI is InChI=1S/C8H9N3O3S/c1-11-7(12)6(3-4-9)5-10-8(11)15(2,13)14/h5H,3H2,1-2H3.